The fourth-order valence-corrected chi connectivity index (χ4v) is 2.06. The van der Waals surface area contributed by atoms with Crippen LogP contribution in [0.2, 0.25) is 5.02 Å². The van der Waals surface area contributed by atoms with Crippen molar-refractivity contribution in [3.8, 4) is 0 Å². The summed E-state index contributed by atoms with van der Waals surface area (Å²) in [6, 6.07) is 4.14. The molecule has 1 saturated heterocycles. The molecule has 0 radical (unpaired) electrons. The highest BCUT2D eigenvalue weighted by Gasteiger charge is 2.30. The van der Waals surface area contributed by atoms with Crippen molar-refractivity contribution in [1.82, 2.24) is 0 Å². The molecular weight excluding hydrogens is 246 g/mol. The lowest BCUT2D eigenvalue weighted by atomic mass is 10.2. The third-order valence-electron chi connectivity index (χ3n) is 2.59. The van der Waals surface area contributed by atoms with Gasteiger partial charge in [0.15, 0.2) is 0 Å². The number of β-amino-alcohol motifs (C(OH)–C–C–N with tert-alkyl or cyclic N) is 1. The van der Waals surface area contributed by atoms with Gasteiger partial charge >= 0.3 is 5.97 Å². The summed E-state index contributed by atoms with van der Waals surface area (Å²) in [4.78, 5) is 23.6. The zero-order valence-electron chi connectivity index (χ0n) is 8.76. The number of aromatic carboxylic acids is 1. The molecule has 0 spiro atoms. The Bertz CT molecular complexity index is 488. The zero-order chi connectivity index (χ0) is 12.6. The van der Waals surface area contributed by atoms with Gasteiger partial charge < -0.3 is 15.1 Å². The second-order valence-corrected chi connectivity index (χ2v) is 4.24. The first-order valence-corrected chi connectivity index (χ1v) is 5.38. The standard InChI is InChI=1S/C11H10ClNO4/c12-8-3-6(11(16)17)1-2-9(8)13-5-7(14)4-10(13)15/h1-3,7,14H,4-5H2,(H,16,17). The molecule has 0 bridgehead atoms. The number of anilines is 1. The first kappa shape index (κ1) is 11.9. The van der Waals surface area contributed by atoms with E-state index in [4.69, 9.17) is 16.7 Å². The number of amides is 1. The third kappa shape index (κ3) is 2.25. The first-order chi connectivity index (χ1) is 7.99. The Kier molecular flexibility index (Phi) is 3.04. The van der Waals surface area contributed by atoms with Crippen LogP contribution in [0.4, 0.5) is 5.69 Å². The molecule has 1 aromatic carbocycles. The van der Waals surface area contributed by atoms with Gasteiger partial charge in [0.05, 0.1) is 35.3 Å². The number of carbonyl (C=O) groups excluding carboxylic acids is 1. The van der Waals surface area contributed by atoms with Crippen molar-refractivity contribution >= 4 is 29.2 Å². The molecule has 17 heavy (non-hydrogen) atoms. The summed E-state index contributed by atoms with van der Waals surface area (Å²) in [7, 11) is 0. The quantitative estimate of drug-likeness (QED) is 0.831. The second kappa shape index (κ2) is 4.35. The van der Waals surface area contributed by atoms with E-state index < -0.39 is 12.1 Å². The molecule has 0 saturated carbocycles. The normalized spacial score (nSPS) is 19.8. The summed E-state index contributed by atoms with van der Waals surface area (Å²) in [5, 5.41) is 18.3. The molecule has 90 valence electrons. The number of carboxylic acids is 1. The van der Waals surface area contributed by atoms with Crippen molar-refractivity contribution in [1.29, 1.82) is 0 Å². The SMILES string of the molecule is O=C(O)c1ccc(N2CC(O)CC2=O)c(Cl)c1. The van der Waals surface area contributed by atoms with Crippen molar-refractivity contribution < 1.29 is 19.8 Å². The van der Waals surface area contributed by atoms with Gasteiger partial charge in [0.1, 0.15) is 0 Å². The number of aliphatic hydroxyl groups excluding tert-OH is 1. The van der Waals surface area contributed by atoms with Crippen molar-refractivity contribution in [3.05, 3.63) is 28.8 Å². The van der Waals surface area contributed by atoms with Gasteiger partial charge in [-0.15, -0.1) is 0 Å². The molecule has 1 atom stereocenters. The Balaban J connectivity index is 2.34. The van der Waals surface area contributed by atoms with Gasteiger partial charge in [-0.1, -0.05) is 11.6 Å². The molecule has 0 aliphatic carbocycles. The Morgan fingerprint density at radius 3 is 2.65 bits per heavy atom. The highest BCUT2D eigenvalue weighted by molar-refractivity contribution is 6.34. The molecule has 6 heteroatoms. The van der Waals surface area contributed by atoms with E-state index in [0.717, 1.165) is 0 Å². The monoisotopic (exact) mass is 255 g/mol. The van der Waals surface area contributed by atoms with Gasteiger partial charge in [-0.3, -0.25) is 4.79 Å². The molecule has 1 aliphatic rings. The summed E-state index contributed by atoms with van der Waals surface area (Å²) < 4.78 is 0. The van der Waals surface area contributed by atoms with Crippen molar-refractivity contribution in [2.75, 3.05) is 11.4 Å². The Morgan fingerprint density at radius 2 is 2.18 bits per heavy atom. The number of carboxylic acid groups (broad SMARTS) is 1. The molecule has 5 nitrogen and oxygen atoms in total. The van der Waals surface area contributed by atoms with Crippen LogP contribution in [-0.4, -0.2) is 34.7 Å². The molecular formula is C11H10ClNO4. The van der Waals surface area contributed by atoms with Gasteiger partial charge in [-0.2, -0.15) is 0 Å². The van der Waals surface area contributed by atoms with E-state index in [1.165, 1.54) is 23.1 Å². The number of benzene rings is 1. The fraction of sp³-hybridized carbons (Fsp3) is 0.273. The maximum absolute atomic E-state index is 11.5. The van der Waals surface area contributed by atoms with Gasteiger partial charge in [-0.25, -0.2) is 4.79 Å². The lowest BCUT2D eigenvalue weighted by Crippen LogP contribution is -2.25. The van der Waals surface area contributed by atoms with Crippen LogP contribution in [0.15, 0.2) is 18.2 Å². The largest absolute Gasteiger partial charge is 0.478 e. The van der Waals surface area contributed by atoms with Crippen LogP contribution in [0, 0.1) is 0 Å². The minimum atomic E-state index is -1.08. The molecule has 1 aromatic rings. The highest BCUT2D eigenvalue weighted by atomic mass is 35.5. The predicted molar refractivity (Wildman–Crippen MR) is 61.4 cm³/mol. The Labute approximate surface area is 102 Å². The molecule has 1 unspecified atom stereocenters. The number of hydrogen-bond acceptors (Lipinski definition) is 3. The fourth-order valence-electron chi connectivity index (χ4n) is 1.78. The summed E-state index contributed by atoms with van der Waals surface area (Å²) in [5.74, 6) is -1.30. The van der Waals surface area contributed by atoms with Crippen LogP contribution < -0.4 is 4.90 Å². The molecule has 1 fully saturated rings. The topological polar surface area (TPSA) is 77.8 Å². The van der Waals surface area contributed by atoms with E-state index in [1.807, 2.05) is 0 Å². The average molecular weight is 256 g/mol. The van der Waals surface area contributed by atoms with Crippen molar-refractivity contribution in [2.24, 2.45) is 0 Å². The van der Waals surface area contributed by atoms with Gasteiger partial charge in [0.25, 0.3) is 0 Å². The third-order valence-corrected chi connectivity index (χ3v) is 2.89. The van der Waals surface area contributed by atoms with Crippen molar-refractivity contribution in [3.63, 3.8) is 0 Å². The summed E-state index contributed by atoms with van der Waals surface area (Å²) in [5.41, 5.74) is 0.490. The van der Waals surface area contributed by atoms with Crippen molar-refractivity contribution in [2.45, 2.75) is 12.5 Å². The van der Waals surface area contributed by atoms with Gasteiger partial charge in [0.2, 0.25) is 5.91 Å². The maximum Gasteiger partial charge on any atom is 0.335 e. The number of halogens is 1. The predicted octanol–water partition coefficient (Wildman–Crippen LogP) is 1.14. The number of carbonyl (C=O) groups is 2. The number of nitrogens with zero attached hydrogens (tertiary/aromatic N) is 1. The number of rotatable bonds is 2. The lowest BCUT2D eigenvalue weighted by Gasteiger charge is -2.17. The Hall–Kier alpha value is -1.59. The molecule has 1 heterocycles. The van der Waals surface area contributed by atoms with E-state index in [0.29, 0.717) is 5.69 Å². The molecule has 2 rings (SSSR count). The van der Waals surface area contributed by atoms with Crippen LogP contribution in [-0.2, 0) is 4.79 Å². The van der Waals surface area contributed by atoms with E-state index in [-0.39, 0.29) is 29.5 Å². The summed E-state index contributed by atoms with van der Waals surface area (Å²) in [6.45, 7) is 0.185. The highest BCUT2D eigenvalue weighted by Crippen LogP contribution is 2.30. The second-order valence-electron chi connectivity index (χ2n) is 3.83. The zero-order valence-corrected chi connectivity index (χ0v) is 9.52. The van der Waals surface area contributed by atoms with E-state index >= 15 is 0 Å². The molecule has 2 N–H and O–H groups in total. The van der Waals surface area contributed by atoms with E-state index in [9.17, 15) is 14.7 Å². The molecule has 1 aliphatic heterocycles. The summed E-state index contributed by atoms with van der Waals surface area (Å²) in [6.07, 6.45) is -0.630. The molecule has 1 amide bonds. The minimum Gasteiger partial charge on any atom is -0.478 e. The Morgan fingerprint density at radius 1 is 1.47 bits per heavy atom. The smallest absolute Gasteiger partial charge is 0.335 e. The van der Waals surface area contributed by atoms with Crippen LogP contribution >= 0.6 is 11.6 Å². The lowest BCUT2D eigenvalue weighted by molar-refractivity contribution is -0.117. The maximum atomic E-state index is 11.5. The van der Waals surface area contributed by atoms with Crippen LogP contribution in [0.3, 0.4) is 0 Å². The van der Waals surface area contributed by atoms with E-state index in [1.54, 1.807) is 0 Å². The number of aliphatic hydroxyl groups is 1. The van der Waals surface area contributed by atoms with Crippen LogP contribution in [0.25, 0.3) is 0 Å². The first-order valence-electron chi connectivity index (χ1n) is 5.00. The van der Waals surface area contributed by atoms with Crippen LogP contribution in [0.5, 0.6) is 0 Å². The molecule has 0 aromatic heterocycles. The average Bonchev–Trinajstić information content (AvgIpc) is 2.57. The van der Waals surface area contributed by atoms with Crippen LogP contribution in [0.1, 0.15) is 16.8 Å². The van der Waals surface area contributed by atoms with Gasteiger partial charge in [0, 0.05) is 0 Å². The van der Waals surface area contributed by atoms with Gasteiger partial charge in [-0.05, 0) is 18.2 Å². The number of hydrogen-bond donors (Lipinski definition) is 2. The summed E-state index contributed by atoms with van der Waals surface area (Å²) >= 11 is 5.93. The van der Waals surface area contributed by atoms with E-state index in [2.05, 4.69) is 0 Å². The minimum absolute atomic E-state index is 0.0611.